The highest BCUT2D eigenvalue weighted by molar-refractivity contribution is 5.91. The largest absolute Gasteiger partial charge is 0.406 e. The summed E-state index contributed by atoms with van der Waals surface area (Å²) in [6.45, 7) is 1.86. The van der Waals surface area contributed by atoms with E-state index in [-0.39, 0.29) is 0 Å². The third-order valence-electron chi connectivity index (χ3n) is 1.50. The quantitative estimate of drug-likeness (QED) is 0.471. The van der Waals surface area contributed by atoms with Crippen LogP contribution < -0.4 is 11.5 Å². The summed E-state index contributed by atoms with van der Waals surface area (Å²) < 4.78 is 36.4. The smallest absolute Gasteiger partial charge is 0.369 e. The average Bonchev–Trinajstić information content (AvgIpc) is 1.96. The SMILES string of the molecule is CC(C)N(CC(F)(F)F)/C(N)=N/C(=N)N. The molecule has 0 saturated heterocycles. The standard InChI is InChI=1S/C7H14F3N5/c1-4(2)15(3-7(8,9)10)6(13)14-5(11)12/h4H,3H2,1-2H3,(H5,11,12,13,14). The van der Waals surface area contributed by atoms with Crippen LogP contribution in [0, 0.1) is 5.41 Å². The van der Waals surface area contributed by atoms with Crippen molar-refractivity contribution in [3.05, 3.63) is 0 Å². The highest BCUT2D eigenvalue weighted by Crippen LogP contribution is 2.17. The van der Waals surface area contributed by atoms with Gasteiger partial charge in [0.2, 0.25) is 5.96 Å². The van der Waals surface area contributed by atoms with Crippen LogP contribution in [0.5, 0.6) is 0 Å². The maximum absolute atomic E-state index is 12.1. The van der Waals surface area contributed by atoms with Crippen molar-refractivity contribution < 1.29 is 13.2 Å². The van der Waals surface area contributed by atoms with Crippen LogP contribution in [0.4, 0.5) is 13.2 Å². The lowest BCUT2D eigenvalue weighted by Gasteiger charge is -2.28. The van der Waals surface area contributed by atoms with Crippen LogP contribution in [0.3, 0.4) is 0 Å². The Balaban J connectivity index is 4.75. The molecule has 15 heavy (non-hydrogen) atoms. The number of hydrogen-bond donors (Lipinski definition) is 3. The Hall–Kier alpha value is -1.47. The molecule has 88 valence electrons. The van der Waals surface area contributed by atoms with E-state index >= 15 is 0 Å². The third-order valence-corrected chi connectivity index (χ3v) is 1.50. The zero-order chi connectivity index (χ0) is 12.2. The van der Waals surface area contributed by atoms with Crippen LogP contribution in [0.2, 0.25) is 0 Å². The predicted octanol–water partition coefficient (Wildman–Crippen LogP) is 0.467. The molecule has 0 saturated carbocycles. The highest BCUT2D eigenvalue weighted by Gasteiger charge is 2.32. The molecular formula is C7H14F3N5. The summed E-state index contributed by atoms with van der Waals surface area (Å²) in [5.41, 5.74) is 10.2. The molecule has 0 atom stereocenters. The molecule has 0 fully saturated rings. The van der Waals surface area contributed by atoms with E-state index in [0.29, 0.717) is 0 Å². The van der Waals surface area contributed by atoms with Gasteiger partial charge in [-0.1, -0.05) is 0 Å². The Morgan fingerprint density at radius 2 is 1.87 bits per heavy atom. The molecule has 0 spiro atoms. The maximum Gasteiger partial charge on any atom is 0.406 e. The second-order valence-corrected chi connectivity index (χ2v) is 3.19. The summed E-state index contributed by atoms with van der Waals surface area (Å²) in [5.74, 6) is -1.03. The van der Waals surface area contributed by atoms with E-state index in [9.17, 15) is 13.2 Å². The summed E-state index contributed by atoms with van der Waals surface area (Å²) in [7, 11) is 0. The van der Waals surface area contributed by atoms with Crippen molar-refractivity contribution in [2.75, 3.05) is 6.54 Å². The van der Waals surface area contributed by atoms with Crippen LogP contribution in [0.25, 0.3) is 0 Å². The van der Waals surface area contributed by atoms with Gasteiger partial charge in [-0.3, -0.25) is 5.41 Å². The van der Waals surface area contributed by atoms with Crippen molar-refractivity contribution >= 4 is 11.9 Å². The lowest BCUT2D eigenvalue weighted by molar-refractivity contribution is -0.140. The van der Waals surface area contributed by atoms with Crippen molar-refractivity contribution in [3.63, 3.8) is 0 Å². The molecule has 5 N–H and O–H groups in total. The summed E-state index contributed by atoms with van der Waals surface area (Å²) in [6, 6.07) is -0.477. The predicted molar refractivity (Wildman–Crippen MR) is 51.4 cm³/mol. The van der Waals surface area contributed by atoms with E-state index in [0.717, 1.165) is 4.90 Å². The second kappa shape index (κ2) is 4.85. The lowest BCUT2D eigenvalue weighted by Crippen LogP contribution is -2.47. The minimum atomic E-state index is -4.37. The number of hydrogen-bond acceptors (Lipinski definition) is 1. The van der Waals surface area contributed by atoms with Gasteiger partial charge in [0, 0.05) is 6.04 Å². The maximum atomic E-state index is 12.1. The highest BCUT2D eigenvalue weighted by atomic mass is 19.4. The fraction of sp³-hybridized carbons (Fsp3) is 0.714. The van der Waals surface area contributed by atoms with Crippen molar-refractivity contribution in [1.29, 1.82) is 5.41 Å². The molecule has 0 aromatic carbocycles. The average molecular weight is 225 g/mol. The summed E-state index contributed by atoms with van der Waals surface area (Å²) in [6.07, 6.45) is -4.37. The van der Waals surface area contributed by atoms with Crippen LogP contribution >= 0.6 is 0 Å². The van der Waals surface area contributed by atoms with Gasteiger partial charge in [-0.15, -0.1) is 0 Å². The van der Waals surface area contributed by atoms with Crippen LogP contribution in [0.1, 0.15) is 13.8 Å². The third kappa shape index (κ3) is 5.76. The van der Waals surface area contributed by atoms with E-state index in [4.69, 9.17) is 16.9 Å². The second-order valence-electron chi connectivity index (χ2n) is 3.19. The molecule has 0 aliphatic heterocycles. The van der Waals surface area contributed by atoms with Gasteiger partial charge >= 0.3 is 6.18 Å². The van der Waals surface area contributed by atoms with Gasteiger partial charge in [0.25, 0.3) is 0 Å². The van der Waals surface area contributed by atoms with E-state index < -0.39 is 30.7 Å². The molecule has 0 aliphatic rings. The number of guanidine groups is 2. The molecule has 0 rings (SSSR count). The normalized spacial score (nSPS) is 13.1. The van der Waals surface area contributed by atoms with E-state index in [1.54, 1.807) is 0 Å². The zero-order valence-corrected chi connectivity index (χ0v) is 8.47. The fourth-order valence-corrected chi connectivity index (χ4v) is 0.909. The van der Waals surface area contributed by atoms with E-state index in [1.165, 1.54) is 13.8 Å². The number of nitrogens with zero attached hydrogens (tertiary/aromatic N) is 2. The minimum absolute atomic E-state index is 0.408. The Bertz CT molecular complexity index is 258. The minimum Gasteiger partial charge on any atom is -0.369 e. The molecule has 0 bridgehead atoms. The zero-order valence-electron chi connectivity index (χ0n) is 8.47. The van der Waals surface area contributed by atoms with Crippen LogP contribution in [-0.4, -0.2) is 35.6 Å². The van der Waals surface area contributed by atoms with Gasteiger partial charge in [0.05, 0.1) is 0 Å². The van der Waals surface area contributed by atoms with E-state index in [1.807, 2.05) is 0 Å². The molecule has 0 unspecified atom stereocenters. The van der Waals surface area contributed by atoms with Crippen LogP contribution in [-0.2, 0) is 0 Å². The number of rotatable bonds is 2. The number of nitrogens with two attached hydrogens (primary N) is 2. The molecule has 0 aromatic heterocycles. The first kappa shape index (κ1) is 13.5. The van der Waals surface area contributed by atoms with Gasteiger partial charge in [-0.25, -0.2) is 0 Å². The Kier molecular flexibility index (Phi) is 4.38. The first-order valence-corrected chi connectivity index (χ1v) is 4.15. The summed E-state index contributed by atoms with van der Waals surface area (Å²) in [4.78, 5) is 4.09. The topological polar surface area (TPSA) is 91.5 Å². The summed E-state index contributed by atoms with van der Waals surface area (Å²) >= 11 is 0. The van der Waals surface area contributed by atoms with Crippen molar-refractivity contribution in [1.82, 2.24) is 4.90 Å². The molecule has 5 nitrogen and oxygen atoms in total. The van der Waals surface area contributed by atoms with Gasteiger partial charge in [-0.05, 0) is 13.8 Å². The molecular weight excluding hydrogens is 211 g/mol. The first-order chi connectivity index (χ1) is 6.63. The van der Waals surface area contributed by atoms with Crippen LogP contribution in [0.15, 0.2) is 4.99 Å². The lowest BCUT2D eigenvalue weighted by atomic mass is 10.3. The number of nitrogens with one attached hydrogen (secondary N) is 1. The first-order valence-electron chi connectivity index (χ1n) is 4.15. The van der Waals surface area contributed by atoms with Crippen molar-refractivity contribution in [2.45, 2.75) is 26.1 Å². The van der Waals surface area contributed by atoms with Gasteiger partial charge in [0.15, 0.2) is 5.96 Å². The summed E-state index contributed by atoms with van der Waals surface area (Å²) in [5, 5.41) is 6.79. The van der Waals surface area contributed by atoms with Gasteiger partial charge in [0.1, 0.15) is 6.54 Å². The molecule has 0 amide bonds. The Labute approximate surface area is 85.4 Å². The number of halogens is 3. The van der Waals surface area contributed by atoms with Gasteiger partial charge < -0.3 is 16.4 Å². The Morgan fingerprint density at radius 1 is 1.40 bits per heavy atom. The monoisotopic (exact) mass is 225 g/mol. The molecule has 8 heteroatoms. The molecule has 0 heterocycles. The fourth-order valence-electron chi connectivity index (χ4n) is 0.909. The van der Waals surface area contributed by atoms with Crippen molar-refractivity contribution in [3.8, 4) is 0 Å². The van der Waals surface area contributed by atoms with Crippen molar-refractivity contribution in [2.24, 2.45) is 16.5 Å². The number of alkyl halides is 3. The Morgan fingerprint density at radius 3 is 2.13 bits per heavy atom. The van der Waals surface area contributed by atoms with Gasteiger partial charge in [-0.2, -0.15) is 18.2 Å². The number of aliphatic imine (C=N–C) groups is 1. The molecule has 0 aliphatic carbocycles. The molecule has 0 radical (unpaired) electrons. The van der Waals surface area contributed by atoms with E-state index in [2.05, 4.69) is 4.99 Å². The molecule has 0 aromatic rings.